The van der Waals surface area contributed by atoms with Crippen molar-refractivity contribution in [3.63, 3.8) is 0 Å². The normalized spacial score (nSPS) is 10.0. The van der Waals surface area contributed by atoms with Gasteiger partial charge in [0.05, 0.1) is 0 Å². The van der Waals surface area contributed by atoms with Gasteiger partial charge in [-0.05, 0) is 11.1 Å². The minimum atomic E-state index is 0.00366. The fourth-order valence-electron chi connectivity index (χ4n) is 1.91. The molecular formula is C14H14N4. The van der Waals surface area contributed by atoms with E-state index in [1.165, 1.54) is 0 Å². The zero-order valence-corrected chi connectivity index (χ0v) is 9.77. The van der Waals surface area contributed by atoms with E-state index < -0.39 is 0 Å². The van der Waals surface area contributed by atoms with Crippen LogP contribution in [0.25, 0.3) is 11.1 Å². The van der Waals surface area contributed by atoms with Crippen LogP contribution in [0.4, 0.5) is 0 Å². The number of nitrogens with one attached hydrogen (secondary N) is 2. The molecule has 0 amide bonds. The van der Waals surface area contributed by atoms with E-state index in [9.17, 15) is 0 Å². The lowest BCUT2D eigenvalue weighted by molar-refractivity contribution is 1.40. The monoisotopic (exact) mass is 238 g/mol. The lowest BCUT2D eigenvalue weighted by Gasteiger charge is -2.12. The minimum absolute atomic E-state index is 0.00366. The van der Waals surface area contributed by atoms with Gasteiger partial charge in [0.15, 0.2) is 0 Å². The SMILES string of the molecule is N=C(N)c1ccccc1-c1ccccc1C(=N)N. The molecule has 0 unspecified atom stereocenters. The van der Waals surface area contributed by atoms with Crippen molar-refractivity contribution in [3.05, 3.63) is 59.7 Å². The zero-order valence-electron chi connectivity index (χ0n) is 9.77. The van der Waals surface area contributed by atoms with Crippen molar-refractivity contribution in [2.45, 2.75) is 0 Å². The molecule has 0 aliphatic rings. The first-order chi connectivity index (χ1) is 8.61. The molecule has 4 nitrogen and oxygen atoms in total. The van der Waals surface area contributed by atoms with Crippen LogP contribution in [0.15, 0.2) is 48.5 Å². The smallest absolute Gasteiger partial charge is 0.123 e. The molecule has 0 spiro atoms. The molecule has 4 heteroatoms. The van der Waals surface area contributed by atoms with E-state index >= 15 is 0 Å². The number of benzene rings is 2. The lowest BCUT2D eigenvalue weighted by Crippen LogP contribution is -2.15. The van der Waals surface area contributed by atoms with Gasteiger partial charge in [0.2, 0.25) is 0 Å². The van der Waals surface area contributed by atoms with E-state index in [2.05, 4.69) is 0 Å². The Balaban J connectivity index is 2.70. The third kappa shape index (κ3) is 2.08. The number of nitrogen functional groups attached to an aromatic ring is 2. The lowest BCUT2D eigenvalue weighted by atomic mass is 9.94. The van der Waals surface area contributed by atoms with Gasteiger partial charge in [0.1, 0.15) is 11.7 Å². The predicted octanol–water partition coefficient (Wildman–Crippen LogP) is 1.92. The van der Waals surface area contributed by atoms with Crippen molar-refractivity contribution in [2.24, 2.45) is 11.5 Å². The Morgan fingerprint density at radius 3 is 1.33 bits per heavy atom. The Bertz CT molecular complexity index is 561. The summed E-state index contributed by atoms with van der Waals surface area (Å²) in [6, 6.07) is 14.7. The molecule has 0 fully saturated rings. The number of hydrogen-bond donors (Lipinski definition) is 4. The molecule has 0 saturated carbocycles. The maximum absolute atomic E-state index is 7.60. The van der Waals surface area contributed by atoms with Gasteiger partial charge in [0, 0.05) is 11.1 Å². The Labute approximate surface area is 105 Å². The van der Waals surface area contributed by atoms with E-state index in [1.54, 1.807) is 12.1 Å². The quantitative estimate of drug-likeness (QED) is 0.485. The van der Waals surface area contributed by atoms with Gasteiger partial charge in [-0.3, -0.25) is 10.8 Å². The van der Waals surface area contributed by atoms with Crippen molar-refractivity contribution in [1.29, 1.82) is 10.8 Å². The summed E-state index contributed by atoms with van der Waals surface area (Å²) >= 11 is 0. The summed E-state index contributed by atoms with van der Waals surface area (Å²) in [6.07, 6.45) is 0. The van der Waals surface area contributed by atoms with E-state index in [0.29, 0.717) is 11.1 Å². The molecule has 2 aromatic carbocycles. The third-order valence-electron chi connectivity index (χ3n) is 2.72. The molecule has 0 aliphatic heterocycles. The molecule has 18 heavy (non-hydrogen) atoms. The highest BCUT2D eigenvalue weighted by Gasteiger charge is 2.11. The highest BCUT2D eigenvalue weighted by molar-refractivity contribution is 6.06. The van der Waals surface area contributed by atoms with E-state index in [-0.39, 0.29) is 11.7 Å². The summed E-state index contributed by atoms with van der Waals surface area (Å²) < 4.78 is 0. The maximum Gasteiger partial charge on any atom is 0.123 e. The molecule has 0 radical (unpaired) electrons. The summed E-state index contributed by atoms with van der Waals surface area (Å²) in [5.41, 5.74) is 14.1. The largest absolute Gasteiger partial charge is 0.384 e. The fraction of sp³-hybridized carbons (Fsp3) is 0. The van der Waals surface area contributed by atoms with Crippen LogP contribution in [0.1, 0.15) is 11.1 Å². The van der Waals surface area contributed by atoms with Crippen LogP contribution in [0.2, 0.25) is 0 Å². The summed E-state index contributed by atoms with van der Waals surface area (Å²) in [5.74, 6) is 0.00732. The average molecular weight is 238 g/mol. The molecule has 0 atom stereocenters. The summed E-state index contributed by atoms with van der Waals surface area (Å²) in [5, 5.41) is 15.2. The van der Waals surface area contributed by atoms with Crippen LogP contribution in [-0.2, 0) is 0 Å². The molecule has 2 rings (SSSR count). The van der Waals surface area contributed by atoms with Gasteiger partial charge in [0.25, 0.3) is 0 Å². The van der Waals surface area contributed by atoms with E-state index in [4.69, 9.17) is 22.3 Å². The molecule has 6 N–H and O–H groups in total. The van der Waals surface area contributed by atoms with Crippen LogP contribution < -0.4 is 11.5 Å². The van der Waals surface area contributed by atoms with Crippen molar-refractivity contribution in [1.82, 2.24) is 0 Å². The topological polar surface area (TPSA) is 99.7 Å². The van der Waals surface area contributed by atoms with Gasteiger partial charge in [-0.25, -0.2) is 0 Å². The molecule has 90 valence electrons. The first-order valence-corrected chi connectivity index (χ1v) is 5.48. The zero-order chi connectivity index (χ0) is 13.1. The van der Waals surface area contributed by atoms with Crippen molar-refractivity contribution < 1.29 is 0 Å². The molecule has 2 aromatic rings. The Morgan fingerprint density at radius 2 is 1.00 bits per heavy atom. The first-order valence-electron chi connectivity index (χ1n) is 5.48. The van der Waals surface area contributed by atoms with Crippen LogP contribution in [0.5, 0.6) is 0 Å². The van der Waals surface area contributed by atoms with Crippen LogP contribution in [0, 0.1) is 10.8 Å². The highest BCUT2D eigenvalue weighted by atomic mass is 14.7. The second kappa shape index (κ2) is 4.71. The van der Waals surface area contributed by atoms with Crippen molar-refractivity contribution in [2.75, 3.05) is 0 Å². The second-order valence-electron chi connectivity index (χ2n) is 3.92. The summed E-state index contributed by atoms with van der Waals surface area (Å²) in [4.78, 5) is 0. The number of rotatable bonds is 3. The van der Waals surface area contributed by atoms with Gasteiger partial charge in [-0.2, -0.15) is 0 Å². The standard InChI is InChI=1S/C14H14N4/c15-13(16)11-7-3-1-5-9(11)10-6-2-4-8-12(10)14(17)18/h1-8H,(H3,15,16)(H3,17,18). The maximum atomic E-state index is 7.60. The second-order valence-corrected chi connectivity index (χ2v) is 3.92. The Hall–Kier alpha value is -2.62. The van der Waals surface area contributed by atoms with Gasteiger partial charge in [-0.1, -0.05) is 48.5 Å². The predicted molar refractivity (Wildman–Crippen MR) is 73.9 cm³/mol. The van der Waals surface area contributed by atoms with E-state index in [1.807, 2.05) is 36.4 Å². The third-order valence-corrected chi connectivity index (χ3v) is 2.72. The fourth-order valence-corrected chi connectivity index (χ4v) is 1.91. The molecule has 0 aliphatic carbocycles. The number of amidine groups is 2. The molecule has 0 bridgehead atoms. The Morgan fingerprint density at radius 1 is 0.667 bits per heavy atom. The average Bonchev–Trinajstić information content (AvgIpc) is 2.38. The van der Waals surface area contributed by atoms with Crippen LogP contribution >= 0.6 is 0 Å². The molecule has 0 saturated heterocycles. The van der Waals surface area contributed by atoms with Gasteiger partial charge >= 0.3 is 0 Å². The first kappa shape index (κ1) is 11.9. The molecule has 0 aromatic heterocycles. The molecule has 0 heterocycles. The number of nitrogens with two attached hydrogens (primary N) is 2. The Kier molecular flexibility index (Phi) is 3.10. The van der Waals surface area contributed by atoms with E-state index in [0.717, 1.165) is 11.1 Å². The van der Waals surface area contributed by atoms with Gasteiger partial charge < -0.3 is 11.5 Å². The van der Waals surface area contributed by atoms with Crippen LogP contribution in [0.3, 0.4) is 0 Å². The van der Waals surface area contributed by atoms with Crippen molar-refractivity contribution in [3.8, 4) is 11.1 Å². The van der Waals surface area contributed by atoms with Crippen LogP contribution in [-0.4, -0.2) is 11.7 Å². The highest BCUT2D eigenvalue weighted by Crippen LogP contribution is 2.26. The summed E-state index contributed by atoms with van der Waals surface area (Å²) in [6.45, 7) is 0. The minimum Gasteiger partial charge on any atom is -0.384 e. The molecular weight excluding hydrogens is 224 g/mol. The summed E-state index contributed by atoms with van der Waals surface area (Å²) in [7, 11) is 0. The van der Waals surface area contributed by atoms with Gasteiger partial charge in [-0.15, -0.1) is 0 Å². The van der Waals surface area contributed by atoms with Crippen molar-refractivity contribution >= 4 is 11.7 Å². The number of hydrogen-bond acceptors (Lipinski definition) is 2.